The third-order valence-electron chi connectivity index (χ3n) is 2.71. The molecule has 2 aromatic rings. The molecule has 102 valence electrons. The first-order valence-corrected chi connectivity index (χ1v) is 6.54. The van der Waals surface area contributed by atoms with Gasteiger partial charge in [-0.1, -0.05) is 0 Å². The van der Waals surface area contributed by atoms with Crippen molar-refractivity contribution in [3.8, 4) is 11.5 Å². The maximum atomic E-state index is 11.7. The molecule has 6 heteroatoms. The van der Waals surface area contributed by atoms with Crippen molar-refractivity contribution in [2.45, 2.75) is 12.8 Å². The number of methoxy groups -OCH3 is 1. The first-order chi connectivity index (χ1) is 9.26. The number of H-pyrrole nitrogens is 1. The first kappa shape index (κ1) is 13.7. The van der Waals surface area contributed by atoms with Crippen LogP contribution in [0.5, 0.6) is 11.5 Å². The molecule has 1 N–H and O–H groups in total. The van der Waals surface area contributed by atoms with E-state index >= 15 is 0 Å². The van der Waals surface area contributed by atoms with Crippen molar-refractivity contribution in [3.63, 3.8) is 0 Å². The van der Waals surface area contributed by atoms with Crippen molar-refractivity contribution in [2.24, 2.45) is 0 Å². The van der Waals surface area contributed by atoms with Crippen molar-refractivity contribution in [1.29, 1.82) is 0 Å². The van der Waals surface area contributed by atoms with Crippen LogP contribution in [-0.2, 0) is 0 Å². The van der Waals surface area contributed by atoms with Crippen LogP contribution >= 0.6 is 11.6 Å². The highest BCUT2D eigenvalue weighted by atomic mass is 35.5. The van der Waals surface area contributed by atoms with E-state index in [-0.39, 0.29) is 5.56 Å². The third kappa shape index (κ3) is 3.17. The summed E-state index contributed by atoms with van der Waals surface area (Å²) in [5.74, 6) is 1.73. The smallest absolute Gasteiger partial charge is 0.258 e. The highest BCUT2D eigenvalue weighted by Gasteiger charge is 2.09. The second-order valence-corrected chi connectivity index (χ2v) is 4.37. The summed E-state index contributed by atoms with van der Waals surface area (Å²) in [4.78, 5) is 18.3. The number of ether oxygens (including phenoxy) is 2. The van der Waals surface area contributed by atoms with Gasteiger partial charge in [-0.25, -0.2) is 4.98 Å². The van der Waals surface area contributed by atoms with Gasteiger partial charge in [0.2, 0.25) is 0 Å². The number of hydrogen-bond acceptors (Lipinski definition) is 4. The summed E-state index contributed by atoms with van der Waals surface area (Å²) in [6.07, 6.45) is 3.14. The zero-order valence-electron chi connectivity index (χ0n) is 10.6. The van der Waals surface area contributed by atoms with Crippen LogP contribution < -0.4 is 15.0 Å². The number of nitrogens with zero attached hydrogens (tertiary/aromatic N) is 1. The number of fused-ring (bicyclic) bond motifs is 1. The predicted molar refractivity (Wildman–Crippen MR) is 74.4 cm³/mol. The lowest BCUT2D eigenvalue weighted by Gasteiger charge is -2.11. The molecule has 0 bridgehead atoms. The van der Waals surface area contributed by atoms with Crippen LogP contribution in [-0.4, -0.2) is 29.6 Å². The van der Waals surface area contributed by atoms with Crippen LogP contribution in [0.2, 0.25) is 0 Å². The van der Waals surface area contributed by atoms with E-state index in [9.17, 15) is 4.79 Å². The molecular weight excluding hydrogens is 268 g/mol. The zero-order chi connectivity index (χ0) is 13.7. The summed E-state index contributed by atoms with van der Waals surface area (Å²) in [5, 5.41) is 0.479. The molecule has 1 aromatic heterocycles. The van der Waals surface area contributed by atoms with Gasteiger partial charge in [0.05, 0.1) is 30.9 Å². The normalized spacial score (nSPS) is 10.6. The van der Waals surface area contributed by atoms with Crippen LogP contribution in [0.3, 0.4) is 0 Å². The van der Waals surface area contributed by atoms with Gasteiger partial charge < -0.3 is 14.5 Å². The van der Waals surface area contributed by atoms with E-state index < -0.39 is 0 Å². The number of unbranched alkanes of at least 4 members (excludes halogenated alkanes) is 1. The number of aromatic amines is 1. The van der Waals surface area contributed by atoms with Gasteiger partial charge in [0.15, 0.2) is 11.5 Å². The Bertz CT molecular complexity index is 612. The Balaban J connectivity index is 2.29. The summed E-state index contributed by atoms with van der Waals surface area (Å²) in [7, 11) is 1.54. The molecule has 0 radical (unpaired) electrons. The van der Waals surface area contributed by atoms with Gasteiger partial charge in [0.25, 0.3) is 5.56 Å². The van der Waals surface area contributed by atoms with Crippen LogP contribution in [0.1, 0.15) is 12.8 Å². The minimum atomic E-state index is -0.197. The van der Waals surface area contributed by atoms with Crippen LogP contribution in [0.25, 0.3) is 10.9 Å². The maximum absolute atomic E-state index is 11.7. The molecule has 0 aliphatic carbocycles. The number of aromatic nitrogens is 2. The molecule has 5 nitrogen and oxygen atoms in total. The molecule has 0 fully saturated rings. The van der Waals surface area contributed by atoms with E-state index in [0.29, 0.717) is 34.9 Å². The Morgan fingerprint density at radius 1 is 1.32 bits per heavy atom. The van der Waals surface area contributed by atoms with Crippen LogP contribution in [0.4, 0.5) is 0 Å². The average Bonchev–Trinajstić information content (AvgIpc) is 2.43. The molecule has 0 saturated carbocycles. The fraction of sp³-hybridized carbons (Fsp3) is 0.385. The molecule has 0 saturated heterocycles. The molecular formula is C13H15ClN2O3. The quantitative estimate of drug-likeness (QED) is 0.652. The van der Waals surface area contributed by atoms with E-state index in [1.54, 1.807) is 12.1 Å². The standard InChI is InChI=1S/C13H15ClN2O3/c1-18-11-6-9-10(15-8-16-13(9)17)7-12(11)19-5-3-2-4-14/h6-8H,2-5H2,1H3,(H,15,16,17). The topological polar surface area (TPSA) is 64.2 Å². The fourth-order valence-electron chi connectivity index (χ4n) is 1.73. The summed E-state index contributed by atoms with van der Waals surface area (Å²) >= 11 is 5.61. The molecule has 0 aliphatic heterocycles. The van der Waals surface area contributed by atoms with Gasteiger partial charge >= 0.3 is 0 Å². The second-order valence-electron chi connectivity index (χ2n) is 4.00. The highest BCUT2D eigenvalue weighted by Crippen LogP contribution is 2.30. The molecule has 1 heterocycles. The van der Waals surface area contributed by atoms with Crippen molar-refractivity contribution < 1.29 is 9.47 Å². The minimum Gasteiger partial charge on any atom is -0.493 e. The lowest BCUT2D eigenvalue weighted by molar-refractivity contribution is 0.289. The maximum Gasteiger partial charge on any atom is 0.258 e. The minimum absolute atomic E-state index is 0.197. The number of benzene rings is 1. The first-order valence-electron chi connectivity index (χ1n) is 6.00. The van der Waals surface area contributed by atoms with Crippen LogP contribution in [0, 0.1) is 0 Å². The Morgan fingerprint density at radius 3 is 2.89 bits per heavy atom. The molecule has 1 aromatic carbocycles. The van der Waals surface area contributed by atoms with Crippen molar-refractivity contribution in [1.82, 2.24) is 9.97 Å². The molecule has 0 amide bonds. The van der Waals surface area contributed by atoms with Crippen molar-refractivity contribution >= 4 is 22.5 Å². The fourth-order valence-corrected chi connectivity index (χ4v) is 1.92. The third-order valence-corrected chi connectivity index (χ3v) is 2.98. The monoisotopic (exact) mass is 282 g/mol. The number of alkyl halides is 1. The Labute approximate surface area is 115 Å². The van der Waals surface area contributed by atoms with E-state index in [1.807, 2.05) is 0 Å². The number of rotatable bonds is 6. The molecule has 19 heavy (non-hydrogen) atoms. The largest absolute Gasteiger partial charge is 0.493 e. The molecule has 2 rings (SSSR count). The van der Waals surface area contributed by atoms with Gasteiger partial charge in [-0.3, -0.25) is 4.79 Å². The van der Waals surface area contributed by atoms with Gasteiger partial charge in [0, 0.05) is 11.9 Å². The zero-order valence-corrected chi connectivity index (χ0v) is 11.4. The summed E-state index contributed by atoms with van der Waals surface area (Å²) in [5.41, 5.74) is 0.383. The van der Waals surface area contributed by atoms with E-state index in [2.05, 4.69) is 9.97 Å². The number of nitrogens with one attached hydrogen (secondary N) is 1. The van der Waals surface area contributed by atoms with E-state index in [1.165, 1.54) is 13.4 Å². The van der Waals surface area contributed by atoms with Gasteiger partial charge in [-0.2, -0.15) is 0 Å². The van der Waals surface area contributed by atoms with E-state index in [4.69, 9.17) is 21.1 Å². The SMILES string of the molecule is COc1cc2c(=O)[nH]cnc2cc1OCCCCCl. The highest BCUT2D eigenvalue weighted by molar-refractivity contribution is 6.17. The van der Waals surface area contributed by atoms with Crippen LogP contribution in [0.15, 0.2) is 23.3 Å². The van der Waals surface area contributed by atoms with Gasteiger partial charge in [-0.15, -0.1) is 11.6 Å². The predicted octanol–water partition coefficient (Wildman–Crippen LogP) is 2.33. The van der Waals surface area contributed by atoms with Gasteiger partial charge in [0.1, 0.15) is 0 Å². The second kappa shape index (κ2) is 6.43. The summed E-state index contributed by atoms with van der Waals surface area (Å²) in [6.45, 7) is 0.553. The molecule has 0 atom stereocenters. The van der Waals surface area contributed by atoms with Crippen molar-refractivity contribution in [2.75, 3.05) is 19.6 Å². The lowest BCUT2D eigenvalue weighted by atomic mass is 10.2. The molecule has 0 spiro atoms. The van der Waals surface area contributed by atoms with Crippen molar-refractivity contribution in [3.05, 3.63) is 28.8 Å². The molecule has 0 unspecified atom stereocenters. The summed E-state index contributed by atoms with van der Waals surface area (Å²) < 4.78 is 10.9. The Morgan fingerprint density at radius 2 is 2.16 bits per heavy atom. The average molecular weight is 283 g/mol. The van der Waals surface area contributed by atoms with E-state index in [0.717, 1.165) is 12.8 Å². The Kier molecular flexibility index (Phi) is 4.63. The number of hydrogen-bond donors (Lipinski definition) is 1. The molecule has 0 aliphatic rings. The Hall–Kier alpha value is -1.75. The summed E-state index contributed by atoms with van der Waals surface area (Å²) in [6, 6.07) is 3.35. The van der Waals surface area contributed by atoms with Gasteiger partial charge in [-0.05, 0) is 18.9 Å². The lowest BCUT2D eigenvalue weighted by Crippen LogP contribution is -2.07. The number of halogens is 1.